The van der Waals surface area contributed by atoms with E-state index in [0.717, 1.165) is 30.0 Å². The molecular weight excluding hydrogens is 292 g/mol. The molecule has 0 saturated carbocycles. The molecule has 0 unspecified atom stereocenters. The van der Waals surface area contributed by atoms with Crippen molar-refractivity contribution in [2.75, 3.05) is 11.9 Å². The molecule has 0 spiro atoms. The zero-order chi connectivity index (χ0) is 13.9. The Balaban J connectivity index is 1.64. The van der Waals surface area contributed by atoms with Gasteiger partial charge in [0.25, 0.3) is 0 Å². The Labute approximate surface area is 125 Å². The van der Waals surface area contributed by atoms with E-state index in [1.165, 1.54) is 11.3 Å². The molecule has 1 amide bonds. The zero-order valence-electron chi connectivity index (χ0n) is 11.1. The summed E-state index contributed by atoms with van der Waals surface area (Å²) in [5.74, 6) is 0.131. The smallest absolute Gasteiger partial charge is 0.229 e. The van der Waals surface area contributed by atoms with Gasteiger partial charge in [0.05, 0.1) is 0 Å². The molecule has 0 radical (unpaired) electrons. The Bertz CT molecular complexity index is 581. The average Bonchev–Trinajstić information content (AvgIpc) is 3.08. The number of nitrogens with one attached hydrogen (secondary N) is 2. The lowest BCUT2D eigenvalue weighted by Crippen LogP contribution is -2.40. The number of piperidine rings is 1. The minimum absolute atomic E-state index is 0.0615. The quantitative estimate of drug-likeness (QED) is 0.914. The van der Waals surface area contributed by atoms with E-state index < -0.39 is 0 Å². The summed E-state index contributed by atoms with van der Waals surface area (Å²) in [7, 11) is 0. The molecule has 2 N–H and O–H groups in total. The van der Waals surface area contributed by atoms with Crippen LogP contribution in [0.25, 0.3) is 10.6 Å². The van der Waals surface area contributed by atoms with E-state index in [1.807, 2.05) is 16.8 Å². The normalized spacial score (nSPS) is 22.6. The highest BCUT2D eigenvalue weighted by Crippen LogP contribution is 2.28. The summed E-state index contributed by atoms with van der Waals surface area (Å²) in [4.78, 5) is 12.2. The van der Waals surface area contributed by atoms with Crippen LogP contribution in [0.1, 0.15) is 19.8 Å². The maximum absolute atomic E-state index is 12.2. The Morgan fingerprint density at radius 3 is 3.15 bits per heavy atom. The van der Waals surface area contributed by atoms with E-state index in [4.69, 9.17) is 0 Å². The first kappa shape index (κ1) is 13.7. The fourth-order valence-corrected chi connectivity index (χ4v) is 3.81. The van der Waals surface area contributed by atoms with Gasteiger partial charge in [-0.05, 0) is 37.8 Å². The maximum Gasteiger partial charge on any atom is 0.229 e. The second kappa shape index (κ2) is 5.99. The van der Waals surface area contributed by atoms with Crippen molar-refractivity contribution in [3.63, 3.8) is 0 Å². The lowest BCUT2D eigenvalue weighted by atomic mass is 9.93. The van der Waals surface area contributed by atoms with Gasteiger partial charge in [-0.1, -0.05) is 11.3 Å². The lowest BCUT2D eigenvalue weighted by Gasteiger charge is -2.26. The highest BCUT2D eigenvalue weighted by Gasteiger charge is 2.25. The standard InChI is InChI=1S/C13H16N4OS2/c1-8-6-9(2-4-14-8)11(18)15-13-17-16-12(20-13)10-3-5-19-7-10/h3,5,7-9,14H,2,4,6H2,1H3,(H,15,17,18)/t8-,9-/m0/s1. The van der Waals surface area contributed by atoms with Crippen molar-refractivity contribution in [3.8, 4) is 10.6 Å². The van der Waals surface area contributed by atoms with Crippen LogP contribution in [-0.4, -0.2) is 28.7 Å². The van der Waals surface area contributed by atoms with E-state index >= 15 is 0 Å². The number of rotatable bonds is 3. The number of nitrogens with zero attached hydrogens (tertiary/aromatic N) is 2. The number of carbonyl (C=O) groups is 1. The zero-order valence-corrected chi connectivity index (χ0v) is 12.8. The van der Waals surface area contributed by atoms with E-state index in [2.05, 4.69) is 27.8 Å². The first-order valence-corrected chi connectivity index (χ1v) is 8.38. The van der Waals surface area contributed by atoms with Crippen LogP contribution in [0.15, 0.2) is 16.8 Å². The molecule has 20 heavy (non-hydrogen) atoms. The molecule has 0 aromatic carbocycles. The van der Waals surface area contributed by atoms with E-state index in [9.17, 15) is 4.79 Å². The number of hydrogen-bond donors (Lipinski definition) is 2. The lowest BCUT2D eigenvalue weighted by molar-refractivity contribution is -0.120. The topological polar surface area (TPSA) is 66.9 Å². The van der Waals surface area contributed by atoms with Crippen molar-refractivity contribution < 1.29 is 4.79 Å². The van der Waals surface area contributed by atoms with Crippen LogP contribution in [-0.2, 0) is 4.79 Å². The van der Waals surface area contributed by atoms with Gasteiger partial charge in [0.15, 0.2) is 0 Å². The van der Waals surface area contributed by atoms with Gasteiger partial charge in [0.2, 0.25) is 11.0 Å². The molecule has 1 fully saturated rings. The van der Waals surface area contributed by atoms with Crippen LogP contribution < -0.4 is 10.6 Å². The van der Waals surface area contributed by atoms with Gasteiger partial charge in [-0.15, -0.1) is 10.2 Å². The highest BCUT2D eigenvalue weighted by atomic mass is 32.1. The van der Waals surface area contributed by atoms with Gasteiger partial charge in [0.1, 0.15) is 5.01 Å². The van der Waals surface area contributed by atoms with E-state index in [1.54, 1.807) is 11.3 Å². The third-order valence-corrected chi connectivity index (χ3v) is 4.99. The van der Waals surface area contributed by atoms with Crippen LogP contribution in [0.5, 0.6) is 0 Å². The summed E-state index contributed by atoms with van der Waals surface area (Å²) >= 11 is 3.05. The summed E-state index contributed by atoms with van der Waals surface area (Å²) in [6.07, 6.45) is 1.76. The van der Waals surface area contributed by atoms with Gasteiger partial charge in [-0.3, -0.25) is 4.79 Å². The molecule has 2 atom stereocenters. The maximum atomic E-state index is 12.2. The van der Waals surface area contributed by atoms with Crippen LogP contribution in [0, 0.1) is 5.92 Å². The number of hydrogen-bond acceptors (Lipinski definition) is 6. The highest BCUT2D eigenvalue weighted by molar-refractivity contribution is 7.19. The predicted molar refractivity (Wildman–Crippen MR) is 82.0 cm³/mol. The van der Waals surface area contributed by atoms with Crippen molar-refractivity contribution in [2.24, 2.45) is 5.92 Å². The van der Waals surface area contributed by atoms with E-state index in [0.29, 0.717) is 11.2 Å². The van der Waals surface area contributed by atoms with Crippen molar-refractivity contribution in [3.05, 3.63) is 16.8 Å². The van der Waals surface area contributed by atoms with Gasteiger partial charge < -0.3 is 10.6 Å². The van der Waals surface area contributed by atoms with Crippen LogP contribution >= 0.6 is 22.7 Å². The third-order valence-electron chi connectivity index (χ3n) is 3.42. The fourth-order valence-electron chi connectivity index (χ4n) is 2.35. The van der Waals surface area contributed by atoms with Crippen molar-refractivity contribution in [1.29, 1.82) is 0 Å². The van der Waals surface area contributed by atoms with Gasteiger partial charge in [-0.2, -0.15) is 11.3 Å². The second-order valence-corrected chi connectivity index (χ2v) is 6.75. The molecular formula is C13H16N4OS2. The third kappa shape index (κ3) is 3.05. The summed E-state index contributed by atoms with van der Waals surface area (Å²) in [5.41, 5.74) is 1.06. The molecule has 2 aromatic rings. The summed E-state index contributed by atoms with van der Waals surface area (Å²) in [6.45, 7) is 3.01. The predicted octanol–water partition coefficient (Wildman–Crippen LogP) is 2.59. The van der Waals surface area contributed by atoms with Crippen molar-refractivity contribution in [1.82, 2.24) is 15.5 Å². The number of thiophene rings is 1. The molecule has 5 nitrogen and oxygen atoms in total. The molecule has 0 aliphatic carbocycles. The van der Waals surface area contributed by atoms with Gasteiger partial charge in [-0.25, -0.2) is 0 Å². The first-order valence-electron chi connectivity index (χ1n) is 6.62. The Hall–Kier alpha value is -1.31. The fraction of sp³-hybridized carbons (Fsp3) is 0.462. The molecule has 106 valence electrons. The van der Waals surface area contributed by atoms with Crippen LogP contribution in [0.4, 0.5) is 5.13 Å². The van der Waals surface area contributed by atoms with Crippen LogP contribution in [0.3, 0.4) is 0 Å². The number of carbonyl (C=O) groups excluding carboxylic acids is 1. The Kier molecular flexibility index (Phi) is 4.09. The largest absolute Gasteiger partial charge is 0.314 e. The molecule has 1 aliphatic rings. The minimum Gasteiger partial charge on any atom is -0.314 e. The molecule has 3 heterocycles. The molecule has 3 rings (SSSR count). The second-order valence-electron chi connectivity index (χ2n) is 4.99. The molecule has 1 aliphatic heterocycles. The van der Waals surface area contributed by atoms with Gasteiger partial charge in [0, 0.05) is 22.9 Å². The molecule has 0 bridgehead atoms. The summed E-state index contributed by atoms with van der Waals surface area (Å²) in [6, 6.07) is 2.40. The number of aromatic nitrogens is 2. The Morgan fingerprint density at radius 2 is 2.40 bits per heavy atom. The SMILES string of the molecule is C[C@H]1C[C@@H](C(=O)Nc2nnc(-c3ccsc3)s2)CCN1. The number of anilines is 1. The molecule has 1 saturated heterocycles. The first-order chi connectivity index (χ1) is 9.72. The van der Waals surface area contributed by atoms with Crippen molar-refractivity contribution in [2.45, 2.75) is 25.8 Å². The monoisotopic (exact) mass is 308 g/mol. The number of amides is 1. The van der Waals surface area contributed by atoms with E-state index in [-0.39, 0.29) is 11.8 Å². The minimum atomic E-state index is 0.0615. The Morgan fingerprint density at radius 1 is 1.50 bits per heavy atom. The summed E-state index contributed by atoms with van der Waals surface area (Å²) in [5, 5.41) is 19.9. The molecule has 2 aromatic heterocycles. The molecule has 7 heteroatoms. The average molecular weight is 308 g/mol. The summed E-state index contributed by atoms with van der Waals surface area (Å²) < 4.78 is 0. The van der Waals surface area contributed by atoms with Gasteiger partial charge >= 0.3 is 0 Å². The van der Waals surface area contributed by atoms with Crippen molar-refractivity contribution >= 4 is 33.7 Å². The van der Waals surface area contributed by atoms with Crippen LogP contribution in [0.2, 0.25) is 0 Å².